The molecule has 0 bridgehead atoms. The lowest BCUT2D eigenvalue weighted by Gasteiger charge is -2.12. The maximum atomic E-state index is 12.2. The van der Waals surface area contributed by atoms with Gasteiger partial charge in [0.05, 0.1) is 11.5 Å². The second-order valence-corrected chi connectivity index (χ2v) is 8.30. The van der Waals surface area contributed by atoms with Gasteiger partial charge >= 0.3 is 0 Å². The molecule has 122 valence electrons. The van der Waals surface area contributed by atoms with Gasteiger partial charge in [-0.05, 0) is 25.3 Å². The van der Waals surface area contributed by atoms with Crippen molar-refractivity contribution in [2.45, 2.75) is 33.2 Å². The number of hydrogen-bond acceptors (Lipinski definition) is 6. The Hall–Kier alpha value is -1.70. The molecular weight excluding hydrogens is 304 g/mol. The summed E-state index contributed by atoms with van der Waals surface area (Å²) >= 11 is 0. The molecule has 2 rings (SSSR count). The third kappa shape index (κ3) is 4.66. The van der Waals surface area contributed by atoms with Crippen LogP contribution >= 0.6 is 0 Å². The SMILES string of the molecule is Cc1cc(C(=O)NC2CCS(=O)(=O)C2)nc(NCC(C)C)n1. The first-order chi connectivity index (χ1) is 10.2. The first-order valence-corrected chi connectivity index (χ1v) is 9.18. The number of nitrogens with one attached hydrogen (secondary N) is 2. The van der Waals surface area contributed by atoms with Gasteiger partial charge in [0.1, 0.15) is 5.69 Å². The molecule has 8 heteroatoms. The Morgan fingerprint density at radius 3 is 2.73 bits per heavy atom. The molecule has 1 aliphatic rings. The summed E-state index contributed by atoms with van der Waals surface area (Å²) in [6, 6.07) is 1.26. The van der Waals surface area contributed by atoms with Crippen molar-refractivity contribution in [1.29, 1.82) is 0 Å². The molecule has 0 aliphatic carbocycles. The van der Waals surface area contributed by atoms with Crippen LogP contribution in [0.4, 0.5) is 5.95 Å². The number of aryl methyl sites for hydroxylation is 1. The molecule has 1 saturated heterocycles. The lowest BCUT2D eigenvalue weighted by Crippen LogP contribution is -2.36. The molecule has 1 fully saturated rings. The first kappa shape index (κ1) is 16.7. The molecule has 1 amide bonds. The van der Waals surface area contributed by atoms with Gasteiger partial charge in [0.2, 0.25) is 5.95 Å². The second kappa shape index (κ2) is 6.60. The molecule has 1 unspecified atom stereocenters. The average molecular weight is 326 g/mol. The minimum Gasteiger partial charge on any atom is -0.354 e. The monoisotopic (exact) mass is 326 g/mol. The van der Waals surface area contributed by atoms with Gasteiger partial charge in [0, 0.05) is 18.3 Å². The molecule has 7 nitrogen and oxygen atoms in total. The van der Waals surface area contributed by atoms with Gasteiger partial charge in [-0.25, -0.2) is 18.4 Å². The molecule has 0 saturated carbocycles. The third-order valence-electron chi connectivity index (χ3n) is 3.32. The predicted molar refractivity (Wildman–Crippen MR) is 84.6 cm³/mol. The van der Waals surface area contributed by atoms with Gasteiger partial charge in [-0.2, -0.15) is 0 Å². The van der Waals surface area contributed by atoms with Gasteiger partial charge in [-0.3, -0.25) is 4.79 Å². The van der Waals surface area contributed by atoms with E-state index in [9.17, 15) is 13.2 Å². The maximum Gasteiger partial charge on any atom is 0.270 e. The molecule has 0 radical (unpaired) electrons. The van der Waals surface area contributed by atoms with Crippen LogP contribution in [0.5, 0.6) is 0 Å². The summed E-state index contributed by atoms with van der Waals surface area (Å²) in [6.07, 6.45) is 0.455. The summed E-state index contributed by atoms with van der Waals surface area (Å²) in [5.74, 6) is 0.617. The number of aromatic nitrogens is 2. The van der Waals surface area contributed by atoms with E-state index in [1.54, 1.807) is 13.0 Å². The standard InChI is InChI=1S/C14H22N4O3S/c1-9(2)7-15-14-16-10(3)6-12(18-14)13(19)17-11-4-5-22(20,21)8-11/h6,9,11H,4-5,7-8H2,1-3H3,(H,17,19)(H,15,16,18). The van der Waals surface area contributed by atoms with Crippen LogP contribution < -0.4 is 10.6 Å². The number of hydrogen-bond donors (Lipinski definition) is 2. The van der Waals surface area contributed by atoms with Gasteiger partial charge in [0.15, 0.2) is 9.84 Å². The number of anilines is 1. The zero-order chi connectivity index (χ0) is 16.3. The van der Waals surface area contributed by atoms with Crippen LogP contribution in [0.25, 0.3) is 0 Å². The van der Waals surface area contributed by atoms with Gasteiger partial charge in [-0.1, -0.05) is 13.8 Å². The van der Waals surface area contributed by atoms with Crippen molar-refractivity contribution in [2.75, 3.05) is 23.4 Å². The van der Waals surface area contributed by atoms with E-state index < -0.39 is 9.84 Å². The average Bonchev–Trinajstić information content (AvgIpc) is 2.75. The van der Waals surface area contributed by atoms with Crippen molar-refractivity contribution in [3.05, 3.63) is 17.5 Å². The highest BCUT2D eigenvalue weighted by molar-refractivity contribution is 7.91. The molecular formula is C14H22N4O3S. The number of nitrogens with zero attached hydrogens (tertiary/aromatic N) is 2. The van der Waals surface area contributed by atoms with E-state index in [1.807, 2.05) is 0 Å². The summed E-state index contributed by atoms with van der Waals surface area (Å²) in [6.45, 7) is 6.64. The topological polar surface area (TPSA) is 101 Å². The Morgan fingerprint density at radius 2 is 2.14 bits per heavy atom. The van der Waals surface area contributed by atoms with Crippen molar-refractivity contribution in [3.63, 3.8) is 0 Å². The molecule has 2 N–H and O–H groups in total. The zero-order valence-corrected chi connectivity index (χ0v) is 13.9. The Bertz CT molecular complexity index is 658. The fourth-order valence-electron chi connectivity index (χ4n) is 2.23. The minimum absolute atomic E-state index is 0.00125. The van der Waals surface area contributed by atoms with Crippen LogP contribution in [-0.2, 0) is 9.84 Å². The highest BCUT2D eigenvalue weighted by atomic mass is 32.2. The van der Waals surface area contributed by atoms with Crippen molar-refractivity contribution in [2.24, 2.45) is 5.92 Å². The molecule has 1 aliphatic heterocycles. The summed E-state index contributed by atoms with van der Waals surface area (Å²) < 4.78 is 22.9. The number of sulfone groups is 1. The highest BCUT2D eigenvalue weighted by Crippen LogP contribution is 2.12. The smallest absolute Gasteiger partial charge is 0.270 e. The second-order valence-electron chi connectivity index (χ2n) is 6.07. The van der Waals surface area contributed by atoms with E-state index >= 15 is 0 Å². The lowest BCUT2D eigenvalue weighted by atomic mass is 10.2. The number of carbonyl (C=O) groups excluding carboxylic acids is 1. The number of carbonyl (C=O) groups is 1. The quantitative estimate of drug-likeness (QED) is 0.829. The summed E-state index contributed by atoms with van der Waals surface area (Å²) in [5, 5.41) is 5.82. The van der Waals surface area contributed by atoms with Crippen LogP contribution in [-0.4, -0.2) is 48.4 Å². The van der Waals surface area contributed by atoms with Crippen LogP contribution in [0.3, 0.4) is 0 Å². The van der Waals surface area contributed by atoms with Crippen LogP contribution in [0.1, 0.15) is 36.5 Å². The van der Waals surface area contributed by atoms with Crippen molar-refractivity contribution >= 4 is 21.7 Å². The van der Waals surface area contributed by atoms with Gasteiger partial charge < -0.3 is 10.6 Å². The zero-order valence-electron chi connectivity index (χ0n) is 13.1. The third-order valence-corrected chi connectivity index (χ3v) is 5.09. The number of rotatable bonds is 5. The first-order valence-electron chi connectivity index (χ1n) is 7.36. The highest BCUT2D eigenvalue weighted by Gasteiger charge is 2.29. The lowest BCUT2D eigenvalue weighted by molar-refractivity contribution is 0.0936. The van der Waals surface area contributed by atoms with E-state index in [0.29, 0.717) is 30.5 Å². The molecule has 1 atom stereocenters. The Balaban J connectivity index is 2.06. The fourth-order valence-corrected chi connectivity index (χ4v) is 3.90. The van der Waals surface area contributed by atoms with Gasteiger partial charge in [-0.15, -0.1) is 0 Å². The van der Waals surface area contributed by atoms with E-state index in [1.165, 1.54) is 0 Å². The fraction of sp³-hybridized carbons (Fsp3) is 0.643. The van der Waals surface area contributed by atoms with E-state index in [0.717, 1.165) is 0 Å². The van der Waals surface area contributed by atoms with E-state index in [4.69, 9.17) is 0 Å². The molecule has 2 heterocycles. The number of amides is 1. The molecule has 1 aromatic heterocycles. The maximum absolute atomic E-state index is 12.2. The van der Waals surface area contributed by atoms with E-state index in [-0.39, 0.29) is 29.1 Å². The largest absolute Gasteiger partial charge is 0.354 e. The van der Waals surface area contributed by atoms with E-state index in [2.05, 4.69) is 34.4 Å². The Kier molecular flexibility index (Phi) is 5.00. The van der Waals surface area contributed by atoms with Crippen LogP contribution in [0, 0.1) is 12.8 Å². The Labute approximate surface area is 130 Å². The molecule has 1 aromatic rings. The normalized spacial score (nSPS) is 20.1. The molecule has 0 aromatic carbocycles. The van der Waals surface area contributed by atoms with Gasteiger partial charge in [0.25, 0.3) is 5.91 Å². The summed E-state index contributed by atoms with van der Waals surface area (Å²) in [7, 11) is -3.02. The van der Waals surface area contributed by atoms with Crippen molar-refractivity contribution < 1.29 is 13.2 Å². The van der Waals surface area contributed by atoms with Crippen molar-refractivity contribution in [3.8, 4) is 0 Å². The van der Waals surface area contributed by atoms with Crippen LogP contribution in [0.15, 0.2) is 6.07 Å². The minimum atomic E-state index is -3.02. The molecule has 22 heavy (non-hydrogen) atoms. The summed E-state index contributed by atoms with van der Waals surface area (Å²) in [4.78, 5) is 20.7. The van der Waals surface area contributed by atoms with Crippen molar-refractivity contribution in [1.82, 2.24) is 15.3 Å². The molecule has 0 spiro atoms. The predicted octanol–water partition coefficient (Wildman–Crippen LogP) is 0.770. The Morgan fingerprint density at radius 1 is 1.41 bits per heavy atom. The van der Waals surface area contributed by atoms with Crippen LogP contribution in [0.2, 0.25) is 0 Å². The summed E-state index contributed by atoms with van der Waals surface area (Å²) in [5.41, 5.74) is 0.938.